The molecule has 5 heteroatoms. The number of ether oxygens (including phenoxy) is 3. The van der Waals surface area contributed by atoms with E-state index >= 15 is 0 Å². The van der Waals surface area contributed by atoms with Crippen LogP contribution < -0.4 is 14.2 Å². The summed E-state index contributed by atoms with van der Waals surface area (Å²) in [7, 11) is 3.13. The van der Waals surface area contributed by atoms with Gasteiger partial charge in [0.25, 0.3) is 0 Å². The van der Waals surface area contributed by atoms with E-state index in [1.54, 1.807) is 32.4 Å². The Balaban J connectivity index is 2.48. The van der Waals surface area contributed by atoms with Crippen LogP contribution in [0, 0.1) is 0 Å². The fourth-order valence-corrected chi connectivity index (χ4v) is 2.25. The molecule has 2 aromatic carbocycles. The molecule has 0 saturated carbocycles. The van der Waals surface area contributed by atoms with Crippen LogP contribution in [0.5, 0.6) is 17.2 Å². The summed E-state index contributed by atoms with van der Waals surface area (Å²) in [4.78, 5) is 11.5. The SMILES string of the molecule is COc1ccc(-c2ccc(OC(C)C)c(C(=O)O)c2)cc1OC. The van der Waals surface area contributed by atoms with Crippen molar-refractivity contribution in [3.8, 4) is 28.4 Å². The number of benzene rings is 2. The van der Waals surface area contributed by atoms with E-state index in [-0.39, 0.29) is 11.7 Å². The van der Waals surface area contributed by atoms with E-state index in [0.717, 1.165) is 11.1 Å². The topological polar surface area (TPSA) is 65.0 Å². The monoisotopic (exact) mass is 316 g/mol. The molecule has 0 fully saturated rings. The van der Waals surface area contributed by atoms with Crippen molar-refractivity contribution in [2.45, 2.75) is 20.0 Å². The van der Waals surface area contributed by atoms with Crippen molar-refractivity contribution >= 4 is 5.97 Å². The van der Waals surface area contributed by atoms with Crippen LogP contribution in [0.15, 0.2) is 36.4 Å². The molecule has 1 N–H and O–H groups in total. The summed E-state index contributed by atoms with van der Waals surface area (Å²) >= 11 is 0. The Morgan fingerprint density at radius 1 is 0.913 bits per heavy atom. The Bertz CT molecular complexity index is 707. The first kappa shape index (κ1) is 16.7. The number of carboxylic acid groups (broad SMARTS) is 1. The van der Waals surface area contributed by atoms with Gasteiger partial charge in [-0.3, -0.25) is 0 Å². The van der Waals surface area contributed by atoms with Gasteiger partial charge in [-0.25, -0.2) is 4.79 Å². The second-order valence-electron chi connectivity index (χ2n) is 5.25. The second-order valence-corrected chi connectivity index (χ2v) is 5.25. The van der Waals surface area contributed by atoms with E-state index in [1.807, 2.05) is 32.0 Å². The number of carboxylic acids is 1. The number of aromatic carboxylic acids is 1. The molecule has 0 heterocycles. The van der Waals surface area contributed by atoms with Crippen LogP contribution in [0.2, 0.25) is 0 Å². The smallest absolute Gasteiger partial charge is 0.339 e. The lowest BCUT2D eigenvalue weighted by atomic mass is 10.0. The van der Waals surface area contributed by atoms with Crippen molar-refractivity contribution in [2.75, 3.05) is 14.2 Å². The van der Waals surface area contributed by atoms with E-state index < -0.39 is 5.97 Å². The van der Waals surface area contributed by atoms with Crippen LogP contribution in [0.25, 0.3) is 11.1 Å². The average Bonchev–Trinajstić information content (AvgIpc) is 2.53. The molecule has 122 valence electrons. The molecular weight excluding hydrogens is 296 g/mol. The Labute approximate surface area is 135 Å². The lowest BCUT2D eigenvalue weighted by Gasteiger charge is -2.14. The lowest BCUT2D eigenvalue weighted by Crippen LogP contribution is -2.10. The summed E-state index contributed by atoms with van der Waals surface area (Å²) in [6, 6.07) is 10.5. The van der Waals surface area contributed by atoms with Crippen LogP contribution in [0.3, 0.4) is 0 Å². The summed E-state index contributed by atoms with van der Waals surface area (Å²) < 4.78 is 16.1. The molecule has 0 saturated heterocycles. The van der Waals surface area contributed by atoms with Gasteiger partial charge in [-0.2, -0.15) is 0 Å². The number of hydrogen-bond acceptors (Lipinski definition) is 4. The summed E-state index contributed by atoms with van der Waals surface area (Å²) in [6.45, 7) is 3.71. The molecule has 0 spiro atoms. The van der Waals surface area contributed by atoms with Gasteiger partial charge in [0.05, 0.1) is 20.3 Å². The van der Waals surface area contributed by atoms with E-state index in [0.29, 0.717) is 17.2 Å². The molecule has 0 aliphatic rings. The normalized spacial score (nSPS) is 10.5. The third-order valence-electron chi connectivity index (χ3n) is 3.29. The first-order valence-electron chi connectivity index (χ1n) is 7.22. The van der Waals surface area contributed by atoms with Gasteiger partial charge in [0.2, 0.25) is 0 Å². The van der Waals surface area contributed by atoms with Gasteiger partial charge in [0.1, 0.15) is 11.3 Å². The third kappa shape index (κ3) is 3.74. The molecule has 0 aliphatic carbocycles. The molecular formula is C18H20O5. The van der Waals surface area contributed by atoms with Crippen molar-refractivity contribution in [2.24, 2.45) is 0 Å². The average molecular weight is 316 g/mol. The minimum atomic E-state index is -1.03. The predicted octanol–water partition coefficient (Wildman–Crippen LogP) is 3.86. The highest BCUT2D eigenvalue weighted by Gasteiger charge is 2.15. The van der Waals surface area contributed by atoms with Crippen LogP contribution in [-0.4, -0.2) is 31.4 Å². The maximum atomic E-state index is 11.5. The van der Waals surface area contributed by atoms with Crippen molar-refractivity contribution in [1.82, 2.24) is 0 Å². The van der Waals surface area contributed by atoms with Crippen LogP contribution in [0.1, 0.15) is 24.2 Å². The highest BCUT2D eigenvalue weighted by molar-refractivity contribution is 5.92. The Hall–Kier alpha value is -2.69. The van der Waals surface area contributed by atoms with Gasteiger partial charge in [-0.15, -0.1) is 0 Å². The van der Waals surface area contributed by atoms with E-state index in [2.05, 4.69) is 0 Å². The fourth-order valence-electron chi connectivity index (χ4n) is 2.25. The maximum absolute atomic E-state index is 11.5. The van der Waals surface area contributed by atoms with E-state index in [1.165, 1.54) is 0 Å². The van der Waals surface area contributed by atoms with Gasteiger partial charge >= 0.3 is 5.97 Å². The molecule has 2 aromatic rings. The summed E-state index contributed by atoms with van der Waals surface area (Å²) in [5.41, 5.74) is 1.73. The zero-order chi connectivity index (χ0) is 17.0. The third-order valence-corrected chi connectivity index (χ3v) is 3.29. The molecule has 0 bridgehead atoms. The zero-order valence-corrected chi connectivity index (χ0v) is 13.6. The fraction of sp³-hybridized carbons (Fsp3) is 0.278. The highest BCUT2D eigenvalue weighted by Crippen LogP contribution is 2.34. The van der Waals surface area contributed by atoms with Crippen molar-refractivity contribution < 1.29 is 24.1 Å². The van der Waals surface area contributed by atoms with Crippen LogP contribution in [-0.2, 0) is 0 Å². The Kier molecular flexibility index (Phi) is 5.11. The van der Waals surface area contributed by atoms with Crippen molar-refractivity contribution in [1.29, 1.82) is 0 Å². The molecule has 0 atom stereocenters. The van der Waals surface area contributed by atoms with Gasteiger partial charge < -0.3 is 19.3 Å². The molecule has 0 aliphatic heterocycles. The van der Waals surface area contributed by atoms with Gasteiger partial charge in [0.15, 0.2) is 11.5 Å². The largest absolute Gasteiger partial charge is 0.493 e. The molecule has 0 radical (unpaired) electrons. The van der Waals surface area contributed by atoms with E-state index in [4.69, 9.17) is 14.2 Å². The maximum Gasteiger partial charge on any atom is 0.339 e. The number of methoxy groups -OCH3 is 2. The van der Waals surface area contributed by atoms with Crippen molar-refractivity contribution in [3.63, 3.8) is 0 Å². The number of hydrogen-bond donors (Lipinski definition) is 1. The van der Waals surface area contributed by atoms with Gasteiger partial charge in [0, 0.05) is 0 Å². The van der Waals surface area contributed by atoms with Crippen LogP contribution >= 0.6 is 0 Å². The standard InChI is InChI=1S/C18H20O5/c1-11(2)23-15-7-5-12(9-14(15)18(19)20)13-6-8-16(21-3)17(10-13)22-4/h5-11H,1-4H3,(H,19,20). The summed E-state index contributed by atoms with van der Waals surface area (Å²) in [6.07, 6.45) is -0.0972. The van der Waals surface area contributed by atoms with Crippen molar-refractivity contribution in [3.05, 3.63) is 42.0 Å². The quantitative estimate of drug-likeness (QED) is 0.876. The molecule has 0 amide bonds. The molecule has 23 heavy (non-hydrogen) atoms. The van der Waals surface area contributed by atoms with Gasteiger partial charge in [-0.1, -0.05) is 12.1 Å². The Morgan fingerprint density at radius 2 is 1.48 bits per heavy atom. The zero-order valence-electron chi connectivity index (χ0n) is 13.6. The first-order chi connectivity index (χ1) is 11.0. The van der Waals surface area contributed by atoms with Gasteiger partial charge in [-0.05, 0) is 49.2 Å². The molecule has 5 nitrogen and oxygen atoms in total. The first-order valence-corrected chi connectivity index (χ1v) is 7.22. The summed E-state index contributed by atoms with van der Waals surface area (Å²) in [5.74, 6) is 0.540. The van der Waals surface area contributed by atoms with E-state index in [9.17, 15) is 9.90 Å². The van der Waals surface area contributed by atoms with Crippen LogP contribution in [0.4, 0.5) is 0 Å². The molecule has 0 unspecified atom stereocenters. The summed E-state index contributed by atoms with van der Waals surface area (Å²) in [5, 5.41) is 9.41. The number of carbonyl (C=O) groups is 1. The highest BCUT2D eigenvalue weighted by atomic mass is 16.5. The molecule has 0 aromatic heterocycles. The minimum absolute atomic E-state index is 0.0972. The second kappa shape index (κ2) is 7.05. The Morgan fingerprint density at radius 3 is 2.00 bits per heavy atom. The predicted molar refractivity (Wildman–Crippen MR) is 87.7 cm³/mol. The lowest BCUT2D eigenvalue weighted by molar-refractivity contribution is 0.0690. The number of rotatable bonds is 6. The molecule has 2 rings (SSSR count). The minimum Gasteiger partial charge on any atom is -0.493 e.